The van der Waals surface area contributed by atoms with Crippen LogP contribution in [0, 0.1) is 13.8 Å². The predicted octanol–water partition coefficient (Wildman–Crippen LogP) is 2.49. The fourth-order valence-electron chi connectivity index (χ4n) is 2.87. The van der Waals surface area contributed by atoms with Crippen molar-refractivity contribution < 1.29 is 4.79 Å². The van der Waals surface area contributed by atoms with Gasteiger partial charge in [-0.25, -0.2) is 4.68 Å². The third-order valence-electron chi connectivity index (χ3n) is 3.91. The van der Waals surface area contributed by atoms with Crippen molar-refractivity contribution in [1.29, 1.82) is 0 Å². The molecule has 0 atom stereocenters. The first-order valence-electron chi connectivity index (χ1n) is 7.64. The lowest BCUT2D eigenvalue weighted by atomic mass is 10.1. The molecule has 1 aliphatic rings. The Balaban J connectivity index is 0.00000192. The van der Waals surface area contributed by atoms with Crippen LogP contribution in [0.5, 0.6) is 0 Å². The quantitative estimate of drug-likeness (QED) is 0.904. The highest BCUT2D eigenvalue weighted by molar-refractivity contribution is 6.02. The van der Waals surface area contributed by atoms with Crippen molar-refractivity contribution in [1.82, 2.24) is 20.3 Å². The van der Waals surface area contributed by atoms with Crippen LogP contribution >= 0.6 is 12.4 Å². The second-order valence-electron chi connectivity index (χ2n) is 5.90. The first-order chi connectivity index (χ1) is 10.6. The molecule has 0 aliphatic carbocycles. The van der Waals surface area contributed by atoms with E-state index in [-0.39, 0.29) is 18.3 Å². The van der Waals surface area contributed by atoms with Gasteiger partial charge >= 0.3 is 0 Å². The van der Waals surface area contributed by atoms with Crippen LogP contribution in [0.3, 0.4) is 0 Å². The van der Waals surface area contributed by atoms with Crippen molar-refractivity contribution in [3.8, 4) is 0 Å². The number of halogens is 1. The van der Waals surface area contributed by atoms with Crippen LogP contribution in [0.1, 0.15) is 40.5 Å². The number of hydrogen-bond donors (Lipinski definition) is 2. The molecule has 1 saturated heterocycles. The zero-order valence-corrected chi connectivity index (χ0v) is 14.2. The molecule has 0 saturated carbocycles. The number of amides is 1. The van der Waals surface area contributed by atoms with Crippen molar-refractivity contribution >= 4 is 24.0 Å². The van der Waals surface area contributed by atoms with E-state index in [1.54, 1.807) is 6.20 Å². The van der Waals surface area contributed by atoms with Crippen LogP contribution in [-0.2, 0) is 0 Å². The van der Waals surface area contributed by atoms with E-state index in [0.29, 0.717) is 11.7 Å². The summed E-state index contributed by atoms with van der Waals surface area (Å²) in [4.78, 5) is 12.3. The number of hydrogen-bond acceptors (Lipinski definition) is 4. The Kier molecular flexibility index (Phi) is 5.74. The van der Waals surface area contributed by atoms with Crippen LogP contribution in [0.2, 0.25) is 0 Å². The SMILES string of the molecule is Cc1cc(C)cc(NC(=O)c2cn(C3CCNCC3)nn2)c1.Cl. The van der Waals surface area contributed by atoms with Crippen LogP contribution in [-0.4, -0.2) is 34.0 Å². The maximum Gasteiger partial charge on any atom is 0.277 e. The molecular weight excluding hydrogens is 314 g/mol. The summed E-state index contributed by atoms with van der Waals surface area (Å²) in [6.07, 6.45) is 3.77. The van der Waals surface area contributed by atoms with Crippen LogP contribution < -0.4 is 10.6 Å². The smallest absolute Gasteiger partial charge is 0.277 e. The molecule has 1 fully saturated rings. The Morgan fingerprint density at radius 3 is 2.52 bits per heavy atom. The minimum Gasteiger partial charge on any atom is -0.321 e. The van der Waals surface area contributed by atoms with Crippen LogP contribution in [0.15, 0.2) is 24.4 Å². The van der Waals surface area contributed by atoms with E-state index >= 15 is 0 Å². The highest BCUT2D eigenvalue weighted by atomic mass is 35.5. The van der Waals surface area contributed by atoms with E-state index in [2.05, 4.69) is 27.0 Å². The second-order valence-corrected chi connectivity index (χ2v) is 5.90. The Morgan fingerprint density at radius 2 is 1.87 bits per heavy atom. The first-order valence-corrected chi connectivity index (χ1v) is 7.64. The molecule has 1 aromatic carbocycles. The molecule has 6 nitrogen and oxygen atoms in total. The van der Waals surface area contributed by atoms with Crippen LogP contribution in [0.4, 0.5) is 5.69 Å². The van der Waals surface area contributed by atoms with Gasteiger partial charge in [0.15, 0.2) is 5.69 Å². The number of carbonyl (C=O) groups excluding carboxylic acids is 1. The normalized spacial score (nSPS) is 15.0. The summed E-state index contributed by atoms with van der Waals surface area (Å²) in [5.74, 6) is -0.217. The number of piperidine rings is 1. The third-order valence-corrected chi connectivity index (χ3v) is 3.91. The summed E-state index contributed by atoms with van der Waals surface area (Å²) in [5, 5.41) is 14.3. The van der Waals surface area contributed by atoms with Gasteiger partial charge in [0, 0.05) is 5.69 Å². The van der Waals surface area contributed by atoms with E-state index in [1.165, 1.54) is 0 Å². The van der Waals surface area contributed by atoms with E-state index in [4.69, 9.17) is 0 Å². The third kappa shape index (κ3) is 4.30. The van der Waals surface area contributed by atoms with Gasteiger partial charge in [-0.05, 0) is 63.0 Å². The lowest BCUT2D eigenvalue weighted by Crippen LogP contribution is -2.29. The average molecular weight is 336 g/mol. The summed E-state index contributed by atoms with van der Waals surface area (Å²) in [5.41, 5.74) is 3.39. The first kappa shape index (κ1) is 17.4. The molecule has 0 unspecified atom stereocenters. The number of anilines is 1. The van der Waals surface area contributed by atoms with E-state index in [1.807, 2.05) is 30.7 Å². The van der Waals surface area contributed by atoms with Gasteiger partial charge < -0.3 is 10.6 Å². The number of aromatic nitrogens is 3. The molecule has 7 heteroatoms. The molecule has 2 aromatic rings. The second kappa shape index (κ2) is 7.57. The predicted molar refractivity (Wildman–Crippen MR) is 92.3 cm³/mol. The molecule has 23 heavy (non-hydrogen) atoms. The minimum atomic E-state index is -0.217. The summed E-state index contributed by atoms with van der Waals surface area (Å²) in [6, 6.07) is 6.30. The number of benzene rings is 1. The van der Waals surface area contributed by atoms with Gasteiger partial charge in [-0.15, -0.1) is 17.5 Å². The van der Waals surface area contributed by atoms with Gasteiger partial charge in [0.05, 0.1) is 12.2 Å². The van der Waals surface area contributed by atoms with Crippen molar-refractivity contribution in [3.63, 3.8) is 0 Å². The number of carbonyl (C=O) groups is 1. The lowest BCUT2D eigenvalue weighted by molar-refractivity contribution is 0.102. The maximum absolute atomic E-state index is 12.3. The Morgan fingerprint density at radius 1 is 1.22 bits per heavy atom. The number of nitrogens with zero attached hydrogens (tertiary/aromatic N) is 3. The van der Waals surface area contributed by atoms with Crippen molar-refractivity contribution in [3.05, 3.63) is 41.2 Å². The highest BCUT2D eigenvalue weighted by Gasteiger charge is 2.18. The van der Waals surface area contributed by atoms with Crippen molar-refractivity contribution in [2.45, 2.75) is 32.7 Å². The zero-order valence-electron chi connectivity index (χ0n) is 13.4. The Labute approximate surface area is 142 Å². The van der Waals surface area contributed by atoms with Crippen molar-refractivity contribution in [2.75, 3.05) is 18.4 Å². The van der Waals surface area contributed by atoms with E-state index < -0.39 is 0 Å². The average Bonchev–Trinajstić information content (AvgIpc) is 2.97. The molecule has 1 amide bonds. The minimum absolute atomic E-state index is 0. The van der Waals surface area contributed by atoms with Gasteiger partial charge in [-0.1, -0.05) is 11.3 Å². The molecule has 2 heterocycles. The summed E-state index contributed by atoms with van der Waals surface area (Å²) in [7, 11) is 0. The molecule has 3 rings (SSSR count). The molecule has 0 radical (unpaired) electrons. The topological polar surface area (TPSA) is 71.8 Å². The molecule has 124 valence electrons. The van der Waals surface area contributed by atoms with E-state index in [0.717, 1.165) is 42.7 Å². The summed E-state index contributed by atoms with van der Waals surface area (Å²) >= 11 is 0. The fraction of sp³-hybridized carbons (Fsp3) is 0.438. The molecule has 1 aliphatic heterocycles. The number of nitrogens with one attached hydrogen (secondary N) is 2. The molecule has 0 bridgehead atoms. The summed E-state index contributed by atoms with van der Waals surface area (Å²) in [6.45, 7) is 5.98. The van der Waals surface area contributed by atoms with Gasteiger partial charge in [0.2, 0.25) is 0 Å². The van der Waals surface area contributed by atoms with Crippen molar-refractivity contribution in [2.24, 2.45) is 0 Å². The zero-order chi connectivity index (χ0) is 15.5. The van der Waals surface area contributed by atoms with Gasteiger partial charge in [0.1, 0.15) is 0 Å². The maximum atomic E-state index is 12.3. The number of aryl methyl sites for hydroxylation is 2. The van der Waals surface area contributed by atoms with Gasteiger partial charge in [0.25, 0.3) is 5.91 Å². The summed E-state index contributed by atoms with van der Waals surface area (Å²) < 4.78 is 1.82. The fourth-order valence-corrected chi connectivity index (χ4v) is 2.87. The highest BCUT2D eigenvalue weighted by Crippen LogP contribution is 2.18. The van der Waals surface area contributed by atoms with E-state index in [9.17, 15) is 4.79 Å². The molecule has 1 aromatic heterocycles. The molecular formula is C16H22ClN5O. The monoisotopic (exact) mass is 335 g/mol. The number of rotatable bonds is 3. The van der Waals surface area contributed by atoms with Gasteiger partial charge in [-0.3, -0.25) is 4.79 Å². The van der Waals surface area contributed by atoms with Crippen LogP contribution in [0.25, 0.3) is 0 Å². The Hall–Kier alpha value is -1.92. The Bertz CT molecular complexity index is 659. The molecule has 0 spiro atoms. The largest absolute Gasteiger partial charge is 0.321 e. The molecule has 2 N–H and O–H groups in total. The standard InChI is InChI=1S/C16H21N5O.ClH/c1-11-7-12(2)9-13(8-11)18-16(22)15-10-21(20-19-15)14-3-5-17-6-4-14;/h7-10,14,17H,3-6H2,1-2H3,(H,18,22);1H. The van der Waals surface area contributed by atoms with Gasteiger partial charge in [-0.2, -0.15) is 0 Å². The lowest BCUT2D eigenvalue weighted by Gasteiger charge is -2.22.